The number of nitrogens with zero attached hydrogens (tertiary/aromatic N) is 1. The summed E-state index contributed by atoms with van der Waals surface area (Å²) < 4.78 is 5.86. The predicted octanol–water partition coefficient (Wildman–Crippen LogP) is 2.64. The zero-order chi connectivity index (χ0) is 13.2. The molecule has 2 rings (SSSR count). The number of rotatable bonds is 3. The lowest BCUT2D eigenvalue weighted by atomic mass is 9.87. The van der Waals surface area contributed by atoms with Crippen LogP contribution < -0.4 is 0 Å². The van der Waals surface area contributed by atoms with Crippen molar-refractivity contribution in [3.8, 4) is 0 Å². The maximum atomic E-state index is 12.0. The summed E-state index contributed by atoms with van der Waals surface area (Å²) >= 11 is 0. The first-order chi connectivity index (χ1) is 8.48. The Labute approximate surface area is 111 Å². The van der Waals surface area contributed by atoms with Gasteiger partial charge in [0.15, 0.2) is 0 Å². The summed E-state index contributed by atoms with van der Waals surface area (Å²) in [4.78, 5) is 14.5. The smallest absolute Gasteiger partial charge is 0.139 e. The van der Waals surface area contributed by atoms with Crippen LogP contribution in [0, 0.1) is 5.41 Å². The summed E-state index contributed by atoms with van der Waals surface area (Å²) in [5, 5.41) is 0. The summed E-state index contributed by atoms with van der Waals surface area (Å²) in [7, 11) is 0. The summed E-state index contributed by atoms with van der Waals surface area (Å²) in [6, 6.07) is 0.570. The number of ether oxygens (including phenoxy) is 1. The molecule has 18 heavy (non-hydrogen) atoms. The van der Waals surface area contributed by atoms with Crippen LogP contribution in [0.2, 0.25) is 0 Å². The molecular weight excluding hydrogens is 226 g/mol. The van der Waals surface area contributed by atoms with Gasteiger partial charge in [-0.15, -0.1) is 0 Å². The molecule has 0 spiro atoms. The molecule has 0 aromatic heterocycles. The molecule has 2 aliphatic rings. The van der Waals surface area contributed by atoms with Crippen molar-refractivity contribution in [3.63, 3.8) is 0 Å². The Kier molecular flexibility index (Phi) is 4.44. The maximum absolute atomic E-state index is 12.0. The van der Waals surface area contributed by atoms with Crippen LogP contribution in [0.15, 0.2) is 0 Å². The highest BCUT2D eigenvalue weighted by Gasteiger charge is 2.34. The Bertz CT molecular complexity index is 293. The molecule has 0 amide bonds. The van der Waals surface area contributed by atoms with Gasteiger partial charge < -0.3 is 4.74 Å². The van der Waals surface area contributed by atoms with Crippen LogP contribution in [0.25, 0.3) is 0 Å². The third-order valence-corrected chi connectivity index (χ3v) is 4.31. The van der Waals surface area contributed by atoms with Crippen LogP contribution in [0.5, 0.6) is 0 Å². The Morgan fingerprint density at radius 2 is 2.00 bits per heavy atom. The van der Waals surface area contributed by atoms with Gasteiger partial charge in [-0.1, -0.05) is 33.6 Å². The number of morpholine rings is 1. The molecule has 1 aliphatic heterocycles. The molecule has 1 saturated carbocycles. The molecule has 1 heterocycles. The first-order valence-corrected chi connectivity index (χ1v) is 7.37. The highest BCUT2D eigenvalue weighted by Crippen LogP contribution is 2.28. The molecule has 2 unspecified atom stereocenters. The minimum absolute atomic E-state index is 0.196. The lowest BCUT2D eigenvalue weighted by Crippen LogP contribution is -2.53. The molecule has 0 N–H and O–H groups in total. The quantitative estimate of drug-likeness (QED) is 0.774. The Balaban J connectivity index is 1.86. The standard InChI is InChI=1S/C15H27NO2/c1-15(2,3)14(17)8-9-16-10-11-18-13-7-5-4-6-12(13)16/h12-13H,4-11H2,1-3H3. The number of ketones is 1. The van der Waals surface area contributed by atoms with Crippen LogP contribution >= 0.6 is 0 Å². The second-order valence-electron chi connectivity index (χ2n) is 6.72. The fourth-order valence-electron chi connectivity index (χ4n) is 3.07. The second-order valence-corrected chi connectivity index (χ2v) is 6.72. The van der Waals surface area contributed by atoms with Crippen LogP contribution in [-0.2, 0) is 9.53 Å². The number of hydrogen-bond acceptors (Lipinski definition) is 3. The molecule has 2 fully saturated rings. The van der Waals surface area contributed by atoms with Gasteiger partial charge in [0.1, 0.15) is 5.78 Å². The molecule has 0 aromatic carbocycles. The van der Waals surface area contributed by atoms with Crippen LogP contribution in [0.4, 0.5) is 0 Å². The number of Topliss-reactive ketones (excluding diaryl/α,β-unsaturated/α-hetero) is 1. The topological polar surface area (TPSA) is 29.5 Å². The summed E-state index contributed by atoms with van der Waals surface area (Å²) in [5.74, 6) is 0.376. The minimum Gasteiger partial charge on any atom is -0.375 e. The molecule has 1 saturated heterocycles. The van der Waals surface area contributed by atoms with Crippen molar-refractivity contribution in [2.24, 2.45) is 5.41 Å². The predicted molar refractivity (Wildman–Crippen MR) is 72.6 cm³/mol. The molecule has 3 heteroatoms. The van der Waals surface area contributed by atoms with E-state index in [1.807, 2.05) is 20.8 Å². The fraction of sp³-hybridized carbons (Fsp3) is 0.933. The van der Waals surface area contributed by atoms with E-state index in [4.69, 9.17) is 4.74 Å². The van der Waals surface area contributed by atoms with Gasteiger partial charge >= 0.3 is 0 Å². The van der Waals surface area contributed by atoms with Gasteiger partial charge in [0, 0.05) is 31.0 Å². The zero-order valence-corrected chi connectivity index (χ0v) is 12.1. The number of carbonyl (C=O) groups excluding carboxylic acids is 1. The van der Waals surface area contributed by atoms with Gasteiger partial charge in [0.2, 0.25) is 0 Å². The molecule has 1 aliphatic carbocycles. The van der Waals surface area contributed by atoms with Gasteiger partial charge in [0.05, 0.1) is 12.7 Å². The van der Waals surface area contributed by atoms with E-state index in [-0.39, 0.29) is 5.41 Å². The Morgan fingerprint density at radius 1 is 1.28 bits per heavy atom. The van der Waals surface area contributed by atoms with Crippen molar-refractivity contribution in [3.05, 3.63) is 0 Å². The number of hydrogen-bond donors (Lipinski definition) is 0. The first kappa shape index (κ1) is 14.0. The van der Waals surface area contributed by atoms with Crippen molar-refractivity contribution in [2.45, 2.75) is 65.0 Å². The highest BCUT2D eigenvalue weighted by atomic mass is 16.5. The van der Waals surface area contributed by atoms with Gasteiger partial charge in [-0.3, -0.25) is 9.69 Å². The van der Waals surface area contributed by atoms with Crippen molar-refractivity contribution < 1.29 is 9.53 Å². The third-order valence-electron chi connectivity index (χ3n) is 4.31. The number of fused-ring (bicyclic) bond motifs is 1. The van der Waals surface area contributed by atoms with E-state index in [9.17, 15) is 4.79 Å². The van der Waals surface area contributed by atoms with E-state index in [1.165, 1.54) is 25.7 Å². The summed E-state index contributed by atoms with van der Waals surface area (Å²) in [5.41, 5.74) is -0.196. The van der Waals surface area contributed by atoms with E-state index < -0.39 is 0 Å². The highest BCUT2D eigenvalue weighted by molar-refractivity contribution is 5.83. The summed E-state index contributed by atoms with van der Waals surface area (Å²) in [6.45, 7) is 8.79. The van der Waals surface area contributed by atoms with Crippen molar-refractivity contribution in [1.29, 1.82) is 0 Å². The molecule has 0 aromatic rings. The van der Waals surface area contributed by atoms with E-state index in [1.54, 1.807) is 0 Å². The lowest BCUT2D eigenvalue weighted by molar-refractivity contribution is -0.128. The summed E-state index contributed by atoms with van der Waals surface area (Å²) in [6.07, 6.45) is 6.18. The molecular formula is C15H27NO2. The van der Waals surface area contributed by atoms with Crippen LogP contribution in [0.1, 0.15) is 52.9 Å². The van der Waals surface area contributed by atoms with Crippen molar-refractivity contribution in [1.82, 2.24) is 4.90 Å². The minimum atomic E-state index is -0.196. The molecule has 104 valence electrons. The Hall–Kier alpha value is -0.410. The molecule has 0 bridgehead atoms. The average molecular weight is 253 g/mol. The van der Waals surface area contributed by atoms with E-state index in [2.05, 4.69) is 4.90 Å². The van der Waals surface area contributed by atoms with Crippen LogP contribution in [0.3, 0.4) is 0 Å². The first-order valence-electron chi connectivity index (χ1n) is 7.37. The SMILES string of the molecule is CC(C)(C)C(=O)CCN1CCOC2CCCCC21. The lowest BCUT2D eigenvalue weighted by Gasteiger charge is -2.44. The van der Waals surface area contributed by atoms with Gasteiger partial charge in [0.25, 0.3) is 0 Å². The molecule has 3 nitrogen and oxygen atoms in total. The van der Waals surface area contributed by atoms with Gasteiger partial charge in [-0.05, 0) is 12.8 Å². The fourth-order valence-corrected chi connectivity index (χ4v) is 3.07. The maximum Gasteiger partial charge on any atom is 0.139 e. The van der Waals surface area contributed by atoms with Gasteiger partial charge in [-0.25, -0.2) is 0 Å². The van der Waals surface area contributed by atoms with Crippen LogP contribution in [-0.4, -0.2) is 42.5 Å². The average Bonchev–Trinajstić information content (AvgIpc) is 2.34. The van der Waals surface area contributed by atoms with E-state index >= 15 is 0 Å². The molecule has 0 radical (unpaired) electrons. The normalized spacial score (nSPS) is 29.9. The van der Waals surface area contributed by atoms with Gasteiger partial charge in [-0.2, -0.15) is 0 Å². The Morgan fingerprint density at radius 3 is 2.72 bits per heavy atom. The number of carbonyl (C=O) groups is 1. The van der Waals surface area contributed by atoms with Crippen molar-refractivity contribution in [2.75, 3.05) is 19.7 Å². The largest absolute Gasteiger partial charge is 0.375 e. The third kappa shape index (κ3) is 3.33. The molecule has 2 atom stereocenters. The van der Waals surface area contributed by atoms with E-state index in [0.717, 1.165) is 19.7 Å². The zero-order valence-electron chi connectivity index (χ0n) is 12.1. The second kappa shape index (κ2) is 5.70. The van der Waals surface area contributed by atoms with E-state index in [0.29, 0.717) is 24.3 Å². The monoisotopic (exact) mass is 253 g/mol. The van der Waals surface area contributed by atoms with Crippen molar-refractivity contribution >= 4 is 5.78 Å².